The molecule has 0 unspecified atom stereocenters. The molecule has 0 aromatic heterocycles. The van der Waals surface area contributed by atoms with Crippen LogP contribution < -0.4 is 24.4 Å². The van der Waals surface area contributed by atoms with Crippen LogP contribution in [0.5, 0.6) is 17.2 Å². The Morgan fingerprint density at radius 2 is 1.68 bits per heavy atom. The SMILES string of the molecule is CCCOc1ccc(N2C(=O)NC(=O)/C(=C/c3ccc(OC)cc3OCc3cccc(C)c3)C2=O)cc1. The molecule has 8 nitrogen and oxygen atoms in total. The summed E-state index contributed by atoms with van der Waals surface area (Å²) in [5.74, 6) is 0.0832. The summed E-state index contributed by atoms with van der Waals surface area (Å²) in [7, 11) is 1.54. The van der Waals surface area contributed by atoms with Gasteiger partial charge in [0.25, 0.3) is 11.8 Å². The van der Waals surface area contributed by atoms with Gasteiger partial charge in [0, 0.05) is 11.6 Å². The Hall–Kier alpha value is -4.59. The van der Waals surface area contributed by atoms with Crippen molar-refractivity contribution < 1.29 is 28.6 Å². The van der Waals surface area contributed by atoms with E-state index in [9.17, 15) is 14.4 Å². The van der Waals surface area contributed by atoms with Crippen molar-refractivity contribution in [3.8, 4) is 17.2 Å². The standard InChI is InChI=1S/C29H28N2O6/c1-4-14-36-23-12-9-22(10-13-23)31-28(33)25(27(32)30-29(31)34)16-21-8-11-24(35-3)17-26(21)37-18-20-7-5-6-19(2)15-20/h5-13,15-17H,4,14,18H2,1-3H3,(H,30,32,34)/b25-16-. The fourth-order valence-electron chi connectivity index (χ4n) is 3.81. The fraction of sp³-hybridized carbons (Fsp3) is 0.207. The minimum atomic E-state index is -0.819. The quantitative estimate of drug-likeness (QED) is 0.327. The molecule has 4 amide bonds. The first kappa shape index (κ1) is 25.5. The van der Waals surface area contributed by atoms with Gasteiger partial charge in [-0.05, 0) is 61.4 Å². The van der Waals surface area contributed by atoms with Gasteiger partial charge in [-0.1, -0.05) is 36.8 Å². The molecule has 1 N–H and O–H groups in total. The van der Waals surface area contributed by atoms with Crippen LogP contribution in [-0.4, -0.2) is 31.6 Å². The van der Waals surface area contributed by atoms with Gasteiger partial charge >= 0.3 is 6.03 Å². The number of carbonyl (C=O) groups excluding carboxylic acids is 3. The van der Waals surface area contributed by atoms with Crippen LogP contribution >= 0.6 is 0 Å². The van der Waals surface area contributed by atoms with E-state index in [0.717, 1.165) is 22.4 Å². The van der Waals surface area contributed by atoms with Crippen LogP contribution in [0.3, 0.4) is 0 Å². The molecular weight excluding hydrogens is 472 g/mol. The first-order valence-corrected chi connectivity index (χ1v) is 11.9. The molecule has 37 heavy (non-hydrogen) atoms. The predicted octanol–water partition coefficient (Wildman–Crippen LogP) is 5.04. The number of rotatable bonds is 9. The van der Waals surface area contributed by atoms with Crippen molar-refractivity contribution in [2.24, 2.45) is 0 Å². The van der Waals surface area contributed by atoms with Crippen LogP contribution in [0.4, 0.5) is 10.5 Å². The Morgan fingerprint density at radius 3 is 2.38 bits per heavy atom. The van der Waals surface area contributed by atoms with E-state index in [1.807, 2.05) is 38.1 Å². The first-order valence-electron chi connectivity index (χ1n) is 11.9. The topological polar surface area (TPSA) is 94.2 Å². The summed E-state index contributed by atoms with van der Waals surface area (Å²) in [6.07, 6.45) is 2.27. The van der Waals surface area contributed by atoms with E-state index < -0.39 is 17.8 Å². The van der Waals surface area contributed by atoms with Crippen LogP contribution in [0.15, 0.2) is 72.3 Å². The molecule has 0 saturated carbocycles. The number of hydrogen-bond donors (Lipinski definition) is 1. The predicted molar refractivity (Wildman–Crippen MR) is 140 cm³/mol. The van der Waals surface area contributed by atoms with Crippen molar-refractivity contribution in [3.05, 3.63) is 89.0 Å². The number of amides is 4. The molecule has 8 heteroatoms. The van der Waals surface area contributed by atoms with E-state index in [4.69, 9.17) is 14.2 Å². The summed E-state index contributed by atoms with van der Waals surface area (Å²) >= 11 is 0. The number of anilines is 1. The maximum Gasteiger partial charge on any atom is 0.335 e. The molecule has 0 bridgehead atoms. The highest BCUT2D eigenvalue weighted by Crippen LogP contribution is 2.30. The number of imide groups is 2. The lowest BCUT2D eigenvalue weighted by Gasteiger charge is -2.26. The van der Waals surface area contributed by atoms with E-state index in [1.165, 1.54) is 13.2 Å². The highest BCUT2D eigenvalue weighted by Gasteiger charge is 2.37. The van der Waals surface area contributed by atoms with Crippen molar-refractivity contribution in [2.75, 3.05) is 18.6 Å². The molecule has 1 heterocycles. The van der Waals surface area contributed by atoms with Crippen molar-refractivity contribution in [2.45, 2.75) is 26.9 Å². The molecule has 1 aliphatic rings. The summed E-state index contributed by atoms with van der Waals surface area (Å²) in [4.78, 5) is 39.5. The van der Waals surface area contributed by atoms with Crippen LogP contribution in [-0.2, 0) is 16.2 Å². The van der Waals surface area contributed by atoms with Crippen LogP contribution in [0.2, 0.25) is 0 Å². The van der Waals surface area contributed by atoms with Gasteiger partial charge in [-0.2, -0.15) is 0 Å². The Morgan fingerprint density at radius 1 is 0.919 bits per heavy atom. The highest BCUT2D eigenvalue weighted by molar-refractivity contribution is 6.39. The normalized spacial score (nSPS) is 14.5. The van der Waals surface area contributed by atoms with Crippen molar-refractivity contribution >= 4 is 29.6 Å². The molecule has 1 aliphatic heterocycles. The zero-order valence-corrected chi connectivity index (χ0v) is 20.9. The molecule has 4 rings (SSSR count). The second-order valence-corrected chi connectivity index (χ2v) is 8.48. The van der Waals surface area contributed by atoms with E-state index in [1.54, 1.807) is 42.5 Å². The molecule has 1 saturated heterocycles. The second kappa shape index (κ2) is 11.4. The Kier molecular flexibility index (Phi) is 7.88. The molecule has 1 fully saturated rings. The molecule has 0 atom stereocenters. The van der Waals surface area contributed by atoms with Gasteiger partial charge in [0.15, 0.2) is 0 Å². The molecular formula is C29H28N2O6. The van der Waals surface area contributed by atoms with Crippen molar-refractivity contribution in [1.29, 1.82) is 0 Å². The third-order valence-electron chi connectivity index (χ3n) is 5.67. The molecule has 3 aromatic rings. The smallest absolute Gasteiger partial charge is 0.335 e. The molecule has 0 aliphatic carbocycles. The van der Waals surface area contributed by atoms with Crippen molar-refractivity contribution in [1.82, 2.24) is 5.32 Å². The lowest BCUT2D eigenvalue weighted by atomic mass is 10.1. The maximum absolute atomic E-state index is 13.3. The molecule has 3 aromatic carbocycles. The van der Waals surface area contributed by atoms with Crippen LogP contribution in [0.25, 0.3) is 6.08 Å². The van der Waals surface area contributed by atoms with Gasteiger partial charge in [-0.3, -0.25) is 14.9 Å². The largest absolute Gasteiger partial charge is 0.497 e. The van der Waals surface area contributed by atoms with Crippen molar-refractivity contribution in [3.63, 3.8) is 0 Å². The average Bonchev–Trinajstić information content (AvgIpc) is 2.89. The lowest BCUT2D eigenvalue weighted by molar-refractivity contribution is -0.122. The minimum Gasteiger partial charge on any atom is -0.497 e. The summed E-state index contributed by atoms with van der Waals surface area (Å²) in [5.41, 5.74) is 2.68. The number of barbiturate groups is 1. The highest BCUT2D eigenvalue weighted by atomic mass is 16.5. The van der Waals surface area contributed by atoms with Crippen LogP contribution in [0, 0.1) is 6.92 Å². The first-order chi connectivity index (χ1) is 17.9. The van der Waals surface area contributed by atoms with Gasteiger partial charge in [-0.25, -0.2) is 9.69 Å². The van der Waals surface area contributed by atoms with E-state index in [-0.39, 0.29) is 12.2 Å². The maximum atomic E-state index is 13.3. The summed E-state index contributed by atoms with van der Waals surface area (Å²) < 4.78 is 16.9. The van der Waals surface area contributed by atoms with E-state index in [0.29, 0.717) is 35.1 Å². The number of benzene rings is 3. The third-order valence-corrected chi connectivity index (χ3v) is 5.67. The zero-order chi connectivity index (χ0) is 26.4. The Bertz CT molecular complexity index is 1350. The number of urea groups is 1. The Balaban J connectivity index is 1.63. The minimum absolute atomic E-state index is 0.198. The number of methoxy groups -OCH3 is 1. The number of hydrogen-bond acceptors (Lipinski definition) is 6. The number of aryl methyl sites for hydroxylation is 1. The molecule has 0 spiro atoms. The van der Waals surface area contributed by atoms with E-state index in [2.05, 4.69) is 5.32 Å². The van der Waals surface area contributed by atoms with Gasteiger partial charge < -0.3 is 14.2 Å². The monoisotopic (exact) mass is 500 g/mol. The van der Waals surface area contributed by atoms with Gasteiger partial charge in [0.1, 0.15) is 29.4 Å². The summed E-state index contributed by atoms with van der Waals surface area (Å²) in [5, 5.41) is 2.25. The average molecular weight is 501 g/mol. The third kappa shape index (κ3) is 5.98. The lowest BCUT2D eigenvalue weighted by Crippen LogP contribution is -2.54. The zero-order valence-electron chi connectivity index (χ0n) is 20.9. The van der Waals surface area contributed by atoms with Crippen LogP contribution in [0.1, 0.15) is 30.0 Å². The molecule has 190 valence electrons. The second-order valence-electron chi connectivity index (χ2n) is 8.48. The van der Waals surface area contributed by atoms with Gasteiger partial charge in [0.2, 0.25) is 0 Å². The summed E-state index contributed by atoms with van der Waals surface area (Å²) in [6.45, 7) is 4.83. The van der Waals surface area contributed by atoms with E-state index >= 15 is 0 Å². The van der Waals surface area contributed by atoms with Gasteiger partial charge in [-0.15, -0.1) is 0 Å². The number of nitrogens with one attached hydrogen (secondary N) is 1. The number of ether oxygens (including phenoxy) is 3. The number of nitrogens with zero attached hydrogens (tertiary/aromatic N) is 1. The summed E-state index contributed by atoms with van der Waals surface area (Å²) in [6, 6.07) is 18.7. The Labute approximate surface area is 215 Å². The number of carbonyl (C=O) groups is 3. The molecule has 0 radical (unpaired) electrons. The fourth-order valence-corrected chi connectivity index (χ4v) is 3.81. The van der Waals surface area contributed by atoms with Gasteiger partial charge in [0.05, 0.1) is 19.4 Å².